The third-order valence-electron chi connectivity index (χ3n) is 7.63. The molecule has 0 unspecified atom stereocenters. The Kier molecular flexibility index (Phi) is 7.34. The molecule has 1 aliphatic heterocycles. The first-order valence-electron chi connectivity index (χ1n) is 13.6. The van der Waals surface area contributed by atoms with E-state index >= 15 is 4.39 Å². The number of ether oxygens (including phenoxy) is 2. The van der Waals surface area contributed by atoms with Crippen LogP contribution >= 0.6 is 0 Å². The highest BCUT2D eigenvalue weighted by molar-refractivity contribution is 5.92. The van der Waals surface area contributed by atoms with E-state index in [2.05, 4.69) is 4.98 Å². The van der Waals surface area contributed by atoms with Crippen LogP contribution in [0, 0.1) is 23.0 Å². The maximum absolute atomic E-state index is 15.5. The van der Waals surface area contributed by atoms with Gasteiger partial charge in [-0.2, -0.15) is 5.26 Å². The van der Waals surface area contributed by atoms with Crippen LogP contribution in [0.5, 0.6) is 5.88 Å². The maximum Gasteiger partial charge on any atom is 0.335 e. The number of nitriles is 1. The summed E-state index contributed by atoms with van der Waals surface area (Å²) in [7, 11) is 0. The number of halogens is 2. The fraction of sp³-hybridized carbons (Fsp3) is 0.212. The van der Waals surface area contributed by atoms with Gasteiger partial charge in [0.05, 0.1) is 52.7 Å². The van der Waals surface area contributed by atoms with Gasteiger partial charge in [0.2, 0.25) is 5.88 Å². The van der Waals surface area contributed by atoms with E-state index in [1.165, 1.54) is 24.3 Å². The zero-order valence-electron chi connectivity index (χ0n) is 23.2. The lowest BCUT2D eigenvalue weighted by Gasteiger charge is -2.39. The van der Waals surface area contributed by atoms with Crippen LogP contribution in [0.4, 0.5) is 8.78 Å². The van der Waals surface area contributed by atoms with Crippen molar-refractivity contribution in [1.82, 2.24) is 14.5 Å². The lowest BCUT2D eigenvalue weighted by Crippen LogP contribution is -2.44. The van der Waals surface area contributed by atoms with Crippen LogP contribution < -0.4 is 4.74 Å². The summed E-state index contributed by atoms with van der Waals surface area (Å²) in [6, 6.07) is 20.7. The molecule has 1 fully saturated rings. The third-order valence-corrected chi connectivity index (χ3v) is 7.63. The number of hydrogen-bond acceptors (Lipinski definition) is 6. The van der Waals surface area contributed by atoms with Crippen LogP contribution in [-0.2, 0) is 24.3 Å². The first-order valence-corrected chi connectivity index (χ1v) is 13.6. The molecule has 0 radical (unpaired) electrons. The molecule has 216 valence electrons. The number of carboxylic acids is 1. The second-order valence-electron chi connectivity index (χ2n) is 10.7. The maximum atomic E-state index is 15.5. The normalized spacial score (nSPS) is 16.0. The van der Waals surface area contributed by atoms with Crippen LogP contribution in [-0.4, -0.2) is 37.8 Å². The average Bonchev–Trinajstić information content (AvgIpc) is 3.32. The van der Waals surface area contributed by atoms with E-state index in [0.29, 0.717) is 46.8 Å². The predicted molar refractivity (Wildman–Crippen MR) is 154 cm³/mol. The number of hydrogen-bond donors (Lipinski definition) is 1. The lowest BCUT2D eigenvalue weighted by atomic mass is 9.97. The molecule has 1 N–H and O–H groups in total. The molecule has 1 atom stereocenters. The van der Waals surface area contributed by atoms with Gasteiger partial charge in [-0.25, -0.2) is 23.5 Å². The van der Waals surface area contributed by atoms with E-state index in [1.54, 1.807) is 42.5 Å². The van der Waals surface area contributed by atoms with Crippen LogP contribution in [0.1, 0.15) is 46.2 Å². The van der Waals surface area contributed by atoms with Crippen molar-refractivity contribution in [2.24, 2.45) is 0 Å². The molecule has 3 aromatic carbocycles. The molecule has 1 saturated heterocycles. The summed E-state index contributed by atoms with van der Waals surface area (Å²) in [6.07, 6.45) is 1.04. The van der Waals surface area contributed by atoms with Gasteiger partial charge in [-0.1, -0.05) is 24.3 Å². The van der Waals surface area contributed by atoms with Crippen molar-refractivity contribution >= 4 is 17.0 Å². The minimum absolute atomic E-state index is 0.0830. The Bertz CT molecular complexity index is 1910. The summed E-state index contributed by atoms with van der Waals surface area (Å²) in [5.74, 6) is -1.18. The van der Waals surface area contributed by atoms with Crippen LogP contribution in [0.2, 0.25) is 0 Å². The summed E-state index contributed by atoms with van der Waals surface area (Å²) >= 11 is 0. The summed E-state index contributed by atoms with van der Waals surface area (Å²) in [4.78, 5) is 20.8. The number of aromatic carboxylic acids is 1. The first-order chi connectivity index (χ1) is 20.7. The Morgan fingerprint density at radius 1 is 1.07 bits per heavy atom. The molecule has 3 heterocycles. The highest BCUT2D eigenvalue weighted by atomic mass is 19.1. The number of nitrogens with zero attached hydrogens (tertiary/aromatic N) is 4. The Balaban J connectivity index is 1.24. The summed E-state index contributed by atoms with van der Waals surface area (Å²) in [5.41, 5.74) is 2.96. The van der Waals surface area contributed by atoms with Gasteiger partial charge in [0.25, 0.3) is 0 Å². The topological polar surface area (TPSA) is 110 Å². The van der Waals surface area contributed by atoms with Crippen molar-refractivity contribution < 1.29 is 28.2 Å². The van der Waals surface area contributed by atoms with Gasteiger partial charge in [-0.3, -0.25) is 0 Å². The number of rotatable bonds is 9. The highest BCUT2D eigenvalue weighted by Gasteiger charge is 2.35. The fourth-order valence-corrected chi connectivity index (χ4v) is 5.09. The van der Waals surface area contributed by atoms with Crippen molar-refractivity contribution in [1.29, 1.82) is 5.26 Å². The smallest absolute Gasteiger partial charge is 0.335 e. The Morgan fingerprint density at radius 3 is 2.56 bits per heavy atom. The zero-order chi connectivity index (χ0) is 30.1. The summed E-state index contributed by atoms with van der Waals surface area (Å²) < 4.78 is 43.1. The van der Waals surface area contributed by atoms with Gasteiger partial charge in [-0.15, -0.1) is 0 Å². The van der Waals surface area contributed by atoms with Gasteiger partial charge in [0.1, 0.15) is 24.1 Å². The molecule has 10 heteroatoms. The Morgan fingerprint density at radius 2 is 1.86 bits per heavy atom. The van der Waals surface area contributed by atoms with Crippen molar-refractivity contribution in [3.63, 3.8) is 0 Å². The Labute approximate surface area is 245 Å². The first kappa shape index (κ1) is 28.0. The number of benzene rings is 3. The van der Waals surface area contributed by atoms with Crippen molar-refractivity contribution in [2.75, 3.05) is 6.61 Å². The molecule has 43 heavy (non-hydrogen) atoms. The van der Waals surface area contributed by atoms with E-state index in [-0.39, 0.29) is 35.6 Å². The van der Waals surface area contributed by atoms with Crippen molar-refractivity contribution in [3.05, 3.63) is 113 Å². The SMILES string of the molecule is C[C@]1(Cn2c(Cc3ccc(-c4cccc(OCc5ccc(C#N)cc5F)n4)cc3F)nc3ccc(C(=O)O)cc32)CCO1. The molecular weight excluding hydrogens is 554 g/mol. The van der Waals surface area contributed by atoms with Crippen LogP contribution in [0.3, 0.4) is 0 Å². The largest absolute Gasteiger partial charge is 0.478 e. The molecule has 0 bridgehead atoms. The van der Waals surface area contributed by atoms with Crippen molar-refractivity contribution in [3.8, 4) is 23.2 Å². The van der Waals surface area contributed by atoms with E-state index in [1.807, 2.05) is 17.6 Å². The minimum atomic E-state index is -1.03. The molecule has 0 amide bonds. The number of carboxylic acid groups (broad SMARTS) is 1. The van der Waals surface area contributed by atoms with E-state index in [4.69, 9.17) is 19.7 Å². The van der Waals surface area contributed by atoms with Gasteiger partial charge in [0, 0.05) is 30.0 Å². The third kappa shape index (κ3) is 5.80. The molecule has 1 aliphatic rings. The molecule has 0 saturated carbocycles. The average molecular weight is 581 g/mol. The van der Waals surface area contributed by atoms with Crippen LogP contribution in [0.15, 0.2) is 72.8 Å². The molecule has 0 spiro atoms. The standard InChI is InChI=1S/C33H26F2N4O4/c1-33(11-12-43-33)19-39-29-15-23(32(40)41)9-10-28(29)37-30(39)16-21-7-8-22(14-26(21)35)27-3-2-4-31(38-27)42-18-24-6-5-20(17-36)13-25(24)34/h2-10,13-15H,11-12,16,18-19H2,1H3,(H,40,41)/t33-/m1/s1. The highest BCUT2D eigenvalue weighted by Crippen LogP contribution is 2.32. The van der Waals surface area contributed by atoms with E-state index in [0.717, 1.165) is 12.5 Å². The summed E-state index contributed by atoms with van der Waals surface area (Å²) in [6.45, 7) is 3.03. The second-order valence-corrected chi connectivity index (χ2v) is 10.7. The summed E-state index contributed by atoms with van der Waals surface area (Å²) in [5, 5.41) is 18.4. The van der Waals surface area contributed by atoms with Crippen molar-refractivity contribution in [2.45, 2.75) is 38.5 Å². The Hall–Kier alpha value is -5.14. The van der Waals surface area contributed by atoms with Gasteiger partial charge in [0.15, 0.2) is 0 Å². The number of pyridine rings is 1. The number of aromatic nitrogens is 3. The second kappa shape index (κ2) is 11.3. The van der Waals surface area contributed by atoms with Gasteiger partial charge < -0.3 is 19.1 Å². The number of fused-ring (bicyclic) bond motifs is 1. The number of carbonyl (C=O) groups is 1. The molecule has 5 aromatic rings. The lowest BCUT2D eigenvalue weighted by molar-refractivity contribution is -0.142. The van der Waals surface area contributed by atoms with Crippen LogP contribution in [0.25, 0.3) is 22.3 Å². The molecule has 8 nitrogen and oxygen atoms in total. The molecule has 6 rings (SSSR count). The molecular formula is C33H26F2N4O4. The number of imidazole rings is 1. The zero-order valence-corrected chi connectivity index (χ0v) is 23.2. The fourth-order valence-electron chi connectivity index (χ4n) is 5.09. The van der Waals surface area contributed by atoms with Gasteiger partial charge in [-0.05, 0) is 55.0 Å². The van der Waals surface area contributed by atoms with E-state index in [9.17, 15) is 14.3 Å². The van der Waals surface area contributed by atoms with E-state index < -0.39 is 23.2 Å². The molecule has 2 aromatic heterocycles. The molecule has 0 aliphatic carbocycles. The quantitative estimate of drug-likeness (QED) is 0.218. The minimum Gasteiger partial charge on any atom is -0.478 e. The monoisotopic (exact) mass is 580 g/mol. The van der Waals surface area contributed by atoms with Gasteiger partial charge >= 0.3 is 5.97 Å². The predicted octanol–water partition coefficient (Wildman–Crippen LogP) is 6.30.